The van der Waals surface area contributed by atoms with Gasteiger partial charge in [-0.05, 0) is 6.92 Å². The van der Waals surface area contributed by atoms with Gasteiger partial charge in [-0.15, -0.1) is 0 Å². The minimum atomic E-state index is -0.485. The summed E-state index contributed by atoms with van der Waals surface area (Å²) in [5.74, 6) is -0.485. The number of esters is 1. The fourth-order valence-electron chi connectivity index (χ4n) is 1.19. The molecule has 0 bridgehead atoms. The van der Waals surface area contributed by atoms with Crippen molar-refractivity contribution in [3.63, 3.8) is 0 Å². The lowest BCUT2D eigenvalue weighted by atomic mass is 10.4. The standard InChI is InChI=1S/C10H17N3O3/c1-3-13-7-8(11)9(12-13)10(14)16-6-4-5-15-2/h7H,3-6,11H2,1-2H3. The van der Waals surface area contributed by atoms with Crippen LogP contribution in [0.3, 0.4) is 0 Å². The fourth-order valence-corrected chi connectivity index (χ4v) is 1.19. The van der Waals surface area contributed by atoms with Crippen LogP contribution >= 0.6 is 0 Å². The van der Waals surface area contributed by atoms with E-state index in [-0.39, 0.29) is 5.69 Å². The molecule has 0 unspecified atom stereocenters. The maximum absolute atomic E-state index is 11.5. The molecule has 0 aliphatic carbocycles. The van der Waals surface area contributed by atoms with Crippen LogP contribution in [0.5, 0.6) is 0 Å². The summed E-state index contributed by atoms with van der Waals surface area (Å²) in [7, 11) is 1.60. The molecule has 0 saturated carbocycles. The number of carbonyl (C=O) groups excluding carboxylic acids is 1. The Balaban J connectivity index is 2.49. The van der Waals surface area contributed by atoms with Gasteiger partial charge in [0, 0.05) is 32.9 Å². The van der Waals surface area contributed by atoms with Gasteiger partial charge in [0.15, 0.2) is 5.69 Å². The number of nitrogens with two attached hydrogens (primary N) is 1. The van der Waals surface area contributed by atoms with Crippen molar-refractivity contribution >= 4 is 11.7 Å². The summed E-state index contributed by atoms with van der Waals surface area (Å²) in [4.78, 5) is 11.5. The first-order valence-electron chi connectivity index (χ1n) is 5.18. The average molecular weight is 227 g/mol. The minimum absolute atomic E-state index is 0.180. The van der Waals surface area contributed by atoms with Gasteiger partial charge in [-0.3, -0.25) is 4.68 Å². The van der Waals surface area contributed by atoms with Gasteiger partial charge in [0.1, 0.15) is 0 Å². The maximum Gasteiger partial charge on any atom is 0.361 e. The zero-order valence-corrected chi connectivity index (χ0v) is 9.60. The molecule has 0 aromatic carbocycles. The molecule has 1 aromatic heterocycles. The number of hydrogen-bond acceptors (Lipinski definition) is 5. The van der Waals surface area contributed by atoms with Crippen LogP contribution in [0.15, 0.2) is 6.20 Å². The Morgan fingerprint density at radius 2 is 2.31 bits per heavy atom. The van der Waals surface area contributed by atoms with Crippen LogP contribution in [0, 0.1) is 0 Å². The van der Waals surface area contributed by atoms with Crippen molar-refractivity contribution in [2.75, 3.05) is 26.1 Å². The summed E-state index contributed by atoms with van der Waals surface area (Å²) in [6.45, 7) is 3.46. The molecule has 2 N–H and O–H groups in total. The SMILES string of the molecule is CCn1cc(N)c(C(=O)OCCCOC)n1. The van der Waals surface area contributed by atoms with Gasteiger partial charge < -0.3 is 15.2 Å². The molecule has 0 spiro atoms. The number of carbonyl (C=O) groups is 1. The summed E-state index contributed by atoms with van der Waals surface area (Å²) in [5, 5.41) is 4.01. The molecule has 0 aliphatic heterocycles. The van der Waals surface area contributed by atoms with Crippen LogP contribution in [-0.2, 0) is 16.0 Å². The molecule has 0 aliphatic rings. The lowest BCUT2D eigenvalue weighted by molar-refractivity contribution is 0.0462. The van der Waals surface area contributed by atoms with E-state index in [0.717, 1.165) is 0 Å². The molecule has 1 rings (SSSR count). The number of nitrogen functional groups attached to an aromatic ring is 1. The summed E-state index contributed by atoms with van der Waals surface area (Å²) in [5.41, 5.74) is 6.17. The number of aromatic nitrogens is 2. The highest BCUT2D eigenvalue weighted by Gasteiger charge is 2.15. The van der Waals surface area contributed by atoms with Crippen LogP contribution in [0.2, 0.25) is 0 Å². The molecule has 16 heavy (non-hydrogen) atoms. The van der Waals surface area contributed by atoms with Crippen molar-refractivity contribution in [2.24, 2.45) is 0 Å². The highest BCUT2D eigenvalue weighted by molar-refractivity contribution is 5.92. The number of anilines is 1. The van der Waals surface area contributed by atoms with Crippen molar-refractivity contribution in [3.8, 4) is 0 Å². The molecule has 0 fully saturated rings. The van der Waals surface area contributed by atoms with Gasteiger partial charge in [0.05, 0.1) is 12.3 Å². The van der Waals surface area contributed by atoms with Gasteiger partial charge in [0.25, 0.3) is 0 Å². The summed E-state index contributed by atoms with van der Waals surface area (Å²) < 4.78 is 11.4. The van der Waals surface area contributed by atoms with Crippen molar-refractivity contribution in [3.05, 3.63) is 11.9 Å². The van der Waals surface area contributed by atoms with E-state index in [0.29, 0.717) is 31.9 Å². The van der Waals surface area contributed by atoms with Crippen LogP contribution < -0.4 is 5.73 Å². The summed E-state index contributed by atoms with van der Waals surface area (Å²) in [6, 6.07) is 0. The zero-order valence-electron chi connectivity index (χ0n) is 9.60. The van der Waals surface area contributed by atoms with Crippen molar-refractivity contribution in [1.29, 1.82) is 0 Å². The maximum atomic E-state index is 11.5. The van der Waals surface area contributed by atoms with Gasteiger partial charge in [-0.2, -0.15) is 5.10 Å². The number of nitrogens with zero attached hydrogens (tertiary/aromatic N) is 2. The lowest BCUT2D eigenvalue weighted by Crippen LogP contribution is -2.11. The van der Waals surface area contributed by atoms with Crippen molar-refractivity contribution in [1.82, 2.24) is 9.78 Å². The highest BCUT2D eigenvalue weighted by atomic mass is 16.5. The van der Waals surface area contributed by atoms with E-state index < -0.39 is 5.97 Å². The van der Waals surface area contributed by atoms with E-state index in [4.69, 9.17) is 15.2 Å². The van der Waals surface area contributed by atoms with E-state index in [1.54, 1.807) is 18.0 Å². The van der Waals surface area contributed by atoms with Crippen molar-refractivity contribution < 1.29 is 14.3 Å². The number of rotatable bonds is 6. The Kier molecular flexibility index (Phi) is 4.78. The molecule has 1 aromatic rings. The van der Waals surface area contributed by atoms with Gasteiger partial charge in [-0.1, -0.05) is 0 Å². The number of methoxy groups -OCH3 is 1. The molecule has 0 atom stereocenters. The molecule has 0 amide bonds. The Hall–Kier alpha value is -1.56. The number of ether oxygens (including phenoxy) is 2. The Bertz CT molecular complexity index is 349. The predicted molar refractivity (Wildman–Crippen MR) is 59.1 cm³/mol. The molecule has 1 heterocycles. The van der Waals surface area contributed by atoms with Gasteiger partial charge >= 0.3 is 5.97 Å². The first kappa shape index (κ1) is 12.5. The molecular formula is C10H17N3O3. The first-order valence-corrected chi connectivity index (χ1v) is 5.18. The molecule has 0 saturated heterocycles. The van der Waals surface area contributed by atoms with E-state index >= 15 is 0 Å². The second kappa shape index (κ2) is 6.12. The third kappa shape index (κ3) is 3.23. The Labute approximate surface area is 94.3 Å². The fraction of sp³-hybridized carbons (Fsp3) is 0.600. The largest absolute Gasteiger partial charge is 0.461 e. The van der Waals surface area contributed by atoms with E-state index in [2.05, 4.69) is 5.10 Å². The third-order valence-corrected chi connectivity index (χ3v) is 2.03. The monoisotopic (exact) mass is 227 g/mol. The number of aryl methyl sites for hydroxylation is 1. The normalized spacial score (nSPS) is 10.4. The molecule has 0 radical (unpaired) electrons. The summed E-state index contributed by atoms with van der Waals surface area (Å²) >= 11 is 0. The zero-order chi connectivity index (χ0) is 12.0. The van der Waals surface area contributed by atoms with Crippen LogP contribution in [0.1, 0.15) is 23.8 Å². The van der Waals surface area contributed by atoms with E-state index in [1.807, 2.05) is 6.92 Å². The Morgan fingerprint density at radius 3 is 2.88 bits per heavy atom. The second-order valence-corrected chi connectivity index (χ2v) is 3.27. The van der Waals surface area contributed by atoms with Gasteiger partial charge in [-0.25, -0.2) is 4.79 Å². The van der Waals surface area contributed by atoms with E-state index in [9.17, 15) is 4.79 Å². The summed E-state index contributed by atoms with van der Waals surface area (Å²) in [6.07, 6.45) is 2.28. The first-order chi connectivity index (χ1) is 7.69. The van der Waals surface area contributed by atoms with Crippen molar-refractivity contribution in [2.45, 2.75) is 19.9 Å². The lowest BCUT2D eigenvalue weighted by Gasteiger charge is -2.02. The number of hydrogen-bond donors (Lipinski definition) is 1. The van der Waals surface area contributed by atoms with Gasteiger partial charge in [0.2, 0.25) is 0 Å². The van der Waals surface area contributed by atoms with Crippen LogP contribution in [-0.4, -0.2) is 36.1 Å². The molecule has 6 heteroatoms. The van der Waals surface area contributed by atoms with Crippen LogP contribution in [0.25, 0.3) is 0 Å². The average Bonchev–Trinajstić information content (AvgIpc) is 2.66. The van der Waals surface area contributed by atoms with E-state index in [1.165, 1.54) is 0 Å². The minimum Gasteiger partial charge on any atom is -0.461 e. The highest BCUT2D eigenvalue weighted by Crippen LogP contribution is 2.10. The smallest absolute Gasteiger partial charge is 0.361 e. The Morgan fingerprint density at radius 1 is 1.56 bits per heavy atom. The second-order valence-electron chi connectivity index (χ2n) is 3.27. The predicted octanol–water partition coefficient (Wildman–Crippen LogP) is 0.678. The third-order valence-electron chi connectivity index (χ3n) is 2.03. The topological polar surface area (TPSA) is 79.4 Å². The molecule has 6 nitrogen and oxygen atoms in total. The molecule has 90 valence electrons. The quantitative estimate of drug-likeness (QED) is 0.571. The van der Waals surface area contributed by atoms with Crippen LogP contribution in [0.4, 0.5) is 5.69 Å². The molecular weight excluding hydrogens is 210 g/mol.